The van der Waals surface area contributed by atoms with E-state index < -0.39 is 0 Å². The minimum absolute atomic E-state index is 0.511. The summed E-state index contributed by atoms with van der Waals surface area (Å²) < 4.78 is 1.74. The Morgan fingerprint density at radius 2 is 2.28 bits per heavy atom. The molecule has 1 fully saturated rings. The van der Waals surface area contributed by atoms with E-state index in [1.165, 1.54) is 12.8 Å². The topological polar surface area (TPSA) is 71.2 Å². The van der Waals surface area contributed by atoms with Crippen LogP contribution in [0.4, 0.5) is 5.82 Å². The predicted molar refractivity (Wildman–Crippen MR) is 67.5 cm³/mol. The van der Waals surface area contributed by atoms with Crippen LogP contribution in [0.5, 0.6) is 0 Å². The van der Waals surface area contributed by atoms with Gasteiger partial charge in [-0.25, -0.2) is 0 Å². The molecule has 1 atom stereocenters. The SMILES string of the molecule is CN(c1cncc2nnnn12)C1CCCNCC1. The minimum atomic E-state index is 0.511. The summed E-state index contributed by atoms with van der Waals surface area (Å²) in [4.78, 5) is 6.44. The molecule has 0 radical (unpaired) electrons. The molecule has 96 valence electrons. The fourth-order valence-electron chi connectivity index (χ4n) is 2.48. The molecule has 2 aromatic rings. The van der Waals surface area contributed by atoms with Gasteiger partial charge in [0.25, 0.3) is 0 Å². The maximum Gasteiger partial charge on any atom is 0.199 e. The van der Waals surface area contributed by atoms with Gasteiger partial charge in [0.1, 0.15) is 0 Å². The number of aromatic nitrogens is 5. The van der Waals surface area contributed by atoms with E-state index in [-0.39, 0.29) is 0 Å². The van der Waals surface area contributed by atoms with Gasteiger partial charge in [0.15, 0.2) is 11.5 Å². The van der Waals surface area contributed by atoms with Crippen LogP contribution >= 0.6 is 0 Å². The third-order valence-electron chi connectivity index (χ3n) is 3.54. The van der Waals surface area contributed by atoms with Gasteiger partial charge in [-0.2, -0.15) is 4.52 Å². The average molecular weight is 247 g/mol. The Morgan fingerprint density at radius 1 is 1.33 bits per heavy atom. The molecule has 7 heteroatoms. The Kier molecular flexibility index (Phi) is 3.06. The smallest absolute Gasteiger partial charge is 0.199 e. The van der Waals surface area contributed by atoms with Crippen LogP contribution in [0.3, 0.4) is 0 Å². The van der Waals surface area contributed by atoms with Gasteiger partial charge in [0, 0.05) is 13.1 Å². The number of nitrogens with zero attached hydrogens (tertiary/aromatic N) is 6. The van der Waals surface area contributed by atoms with Gasteiger partial charge in [0.2, 0.25) is 0 Å². The van der Waals surface area contributed by atoms with Crippen molar-refractivity contribution in [2.75, 3.05) is 25.0 Å². The van der Waals surface area contributed by atoms with Gasteiger partial charge in [-0.15, -0.1) is 5.10 Å². The molecule has 1 aliphatic rings. The summed E-state index contributed by atoms with van der Waals surface area (Å²) in [5, 5.41) is 15.1. The van der Waals surface area contributed by atoms with Crippen molar-refractivity contribution in [2.45, 2.75) is 25.3 Å². The molecule has 0 bridgehead atoms. The zero-order valence-corrected chi connectivity index (χ0v) is 10.5. The highest BCUT2D eigenvalue weighted by Gasteiger charge is 2.19. The van der Waals surface area contributed by atoms with Crippen LogP contribution in [-0.2, 0) is 0 Å². The maximum absolute atomic E-state index is 4.20. The summed E-state index contributed by atoms with van der Waals surface area (Å²) >= 11 is 0. The molecular formula is C11H17N7. The zero-order valence-electron chi connectivity index (χ0n) is 10.5. The van der Waals surface area contributed by atoms with Crippen LogP contribution in [-0.4, -0.2) is 51.2 Å². The van der Waals surface area contributed by atoms with Crippen LogP contribution in [0.1, 0.15) is 19.3 Å². The molecule has 0 spiro atoms. The van der Waals surface area contributed by atoms with Gasteiger partial charge >= 0.3 is 0 Å². The molecule has 1 aliphatic heterocycles. The number of tetrazole rings is 1. The van der Waals surface area contributed by atoms with Crippen LogP contribution < -0.4 is 10.2 Å². The highest BCUT2D eigenvalue weighted by atomic mass is 15.5. The molecule has 1 unspecified atom stereocenters. The van der Waals surface area contributed by atoms with Crippen LogP contribution in [0.15, 0.2) is 12.4 Å². The number of fused-ring (bicyclic) bond motifs is 1. The van der Waals surface area contributed by atoms with E-state index in [1.54, 1.807) is 10.7 Å². The van der Waals surface area contributed by atoms with E-state index in [9.17, 15) is 0 Å². The first kappa shape index (κ1) is 11.3. The molecule has 18 heavy (non-hydrogen) atoms. The van der Waals surface area contributed by atoms with Crippen LogP contribution in [0.2, 0.25) is 0 Å². The molecule has 0 saturated carbocycles. The highest BCUT2D eigenvalue weighted by Crippen LogP contribution is 2.19. The number of hydrogen-bond donors (Lipinski definition) is 1. The Bertz CT molecular complexity index is 515. The molecule has 7 nitrogen and oxygen atoms in total. The van der Waals surface area contributed by atoms with Crippen molar-refractivity contribution in [1.82, 2.24) is 30.3 Å². The molecule has 0 aliphatic carbocycles. The predicted octanol–water partition coefficient (Wildman–Crippen LogP) is 0.0976. The summed E-state index contributed by atoms with van der Waals surface area (Å²) in [6.45, 7) is 2.17. The minimum Gasteiger partial charge on any atom is -0.355 e. The molecule has 1 N–H and O–H groups in total. The largest absolute Gasteiger partial charge is 0.355 e. The Labute approximate surface area is 105 Å². The summed E-state index contributed by atoms with van der Waals surface area (Å²) in [5.74, 6) is 0.949. The van der Waals surface area contributed by atoms with Crippen molar-refractivity contribution in [3.8, 4) is 0 Å². The van der Waals surface area contributed by atoms with E-state index in [0.29, 0.717) is 11.7 Å². The molecule has 1 saturated heterocycles. The van der Waals surface area contributed by atoms with E-state index in [1.807, 2.05) is 6.20 Å². The molecular weight excluding hydrogens is 230 g/mol. The zero-order chi connectivity index (χ0) is 12.4. The first-order valence-electron chi connectivity index (χ1n) is 6.32. The van der Waals surface area contributed by atoms with Gasteiger partial charge in [-0.3, -0.25) is 4.98 Å². The molecule has 3 rings (SSSR count). The monoisotopic (exact) mass is 247 g/mol. The molecule has 3 heterocycles. The third kappa shape index (κ3) is 2.01. The first-order valence-corrected chi connectivity index (χ1v) is 6.32. The van der Waals surface area contributed by atoms with Gasteiger partial charge in [-0.1, -0.05) is 0 Å². The number of anilines is 1. The number of rotatable bonds is 2. The molecule has 2 aromatic heterocycles. The maximum atomic E-state index is 4.20. The van der Waals surface area contributed by atoms with Crippen LogP contribution in [0, 0.1) is 0 Å². The summed E-state index contributed by atoms with van der Waals surface area (Å²) in [5.41, 5.74) is 0.686. The van der Waals surface area contributed by atoms with Crippen molar-refractivity contribution in [3.05, 3.63) is 12.4 Å². The van der Waals surface area contributed by atoms with Crippen molar-refractivity contribution >= 4 is 11.5 Å². The lowest BCUT2D eigenvalue weighted by atomic mass is 10.1. The Hall–Kier alpha value is -1.76. The Balaban J connectivity index is 1.90. The number of hydrogen-bond acceptors (Lipinski definition) is 6. The lowest BCUT2D eigenvalue weighted by molar-refractivity contribution is 0.556. The lowest BCUT2D eigenvalue weighted by Gasteiger charge is -2.28. The fourth-order valence-corrected chi connectivity index (χ4v) is 2.48. The van der Waals surface area contributed by atoms with Gasteiger partial charge in [-0.05, 0) is 42.8 Å². The first-order chi connectivity index (χ1) is 8.86. The van der Waals surface area contributed by atoms with Gasteiger partial charge in [0.05, 0.1) is 12.4 Å². The summed E-state index contributed by atoms with van der Waals surface area (Å²) in [6, 6.07) is 0.511. The van der Waals surface area contributed by atoms with E-state index in [0.717, 1.165) is 25.3 Å². The highest BCUT2D eigenvalue weighted by molar-refractivity contribution is 5.46. The molecule has 0 aromatic carbocycles. The standard InChI is InChI=1S/C11H17N7/c1-17(9-3-2-5-12-6-4-9)11-8-13-7-10-14-15-16-18(10)11/h7-9,12H,2-6H2,1H3. The van der Waals surface area contributed by atoms with Gasteiger partial charge < -0.3 is 10.2 Å². The van der Waals surface area contributed by atoms with Crippen molar-refractivity contribution in [1.29, 1.82) is 0 Å². The second-order valence-electron chi connectivity index (χ2n) is 4.66. The van der Waals surface area contributed by atoms with Crippen molar-refractivity contribution in [3.63, 3.8) is 0 Å². The summed E-state index contributed by atoms with van der Waals surface area (Å²) in [7, 11) is 2.09. The molecule has 0 amide bonds. The summed E-state index contributed by atoms with van der Waals surface area (Å²) in [6.07, 6.45) is 7.01. The van der Waals surface area contributed by atoms with E-state index in [2.05, 4.69) is 37.8 Å². The lowest BCUT2D eigenvalue weighted by Crippen LogP contribution is -2.34. The number of nitrogens with one attached hydrogen (secondary N) is 1. The second-order valence-corrected chi connectivity index (χ2v) is 4.66. The van der Waals surface area contributed by atoms with Crippen molar-refractivity contribution < 1.29 is 0 Å². The van der Waals surface area contributed by atoms with E-state index >= 15 is 0 Å². The van der Waals surface area contributed by atoms with Crippen molar-refractivity contribution in [2.24, 2.45) is 0 Å². The third-order valence-corrected chi connectivity index (χ3v) is 3.54. The van der Waals surface area contributed by atoms with Crippen LogP contribution in [0.25, 0.3) is 5.65 Å². The van der Waals surface area contributed by atoms with E-state index in [4.69, 9.17) is 0 Å². The average Bonchev–Trinajstić information content (AvgIpc) is 2.71. The Morgan fingerprint density at radius 3 is 3.22 bits per heavy atom. The second kappa shape index (κ2) is 4.85. The quantitative estimate of drug-likeness (QED) is 0.811. The normalized spacial score (nSPS) is 20.8. The fraction of sp³-hybridized carbons (Fsp3) is 0.636.